The Kier molecular flexibility index (Phi) is 12.8. The predicted molar refractivity (Wildman–Crippen MR) is 363 cm³/mol. The summed E-state index contributed by atoms with van der Waals surface area (Å²) in [5, 5.41) is 12.0. The number of alkyl halides is 3. The van der Waals surface area contributed by atoms with Crippen molar-refractivity contribution in [1.82, 2.24) is 4.57 Å². The second-order valence-corrected chi connectivity index (χ2v) is 22.9. The lowest BCUT2D eigenvalue weighted by Gasteiger charge is -2.44. The van der Waals surface area contributed by atoms with Gasteiger partial charge in [-0.3, -0.25) is 0 Å². The Morgan fingerprint density at radius 3 is 1.33 bits per heavy atom. The van der Waals surface area contributed by atoms with E-state index in [1.807, 2.05) is 22.8 Å². The van der Waals surface area contributed by atoms with Crippen LogP contribution < -0.4 is 26.2 Å². The number of hydrogen-bond donors (Lipinski definition) is 0. The van der Waals surface area contributed by atoms with Gasteiger partial charge in [0.2, 0.25) is 0 Å². The van der Waals surface area contributed by atoms with E-state index in [4.69, 9.17) is 6.57 Å². The Morgan fingerprint density at radius 1 is 0.367 bits per heavy atom. The molecule has 0 fully saturated rings. The Labute approximate surface area is 519 Å². The summed E-state index contributed by atoms with van der Waals surface area (Å²) in [4.78, 5) is 8.28. The van der Waals surface area contributed by atoms with Gasteiger partial charge < -0.3 is 14.4 Å². The summed E-state index contributed by atoms with van der Waals surface area (Å²) < 4.78 is 47.5. The lowest BCUT2D eigenvalue weighted by atomic mass is 9.33. The molecule has 16 rings (SSSR count). The average molecular weight is 1160 g/mol. The third-order valence-electron chi connectivity index (χ3n) is 17.8. The topological polar surface area (TPSA) is 39.6 Å². The van der Waals surface area contributed by atoms with E-state index in [-0.39, 0.29) is 29.1 Å². The van der Waals surface area contributed by atoms with Gasteiger partial charge in [0.1, 0.15) is 0 Å². The van der Waals surface area contributed by atoms with Crippen LogP contribution in [0.4, 0.5) is 53.0 Å². The molecule has 0 atom stereocenters. The third kappa shape index (κ3) is 9.02. The second kappa shape index (κ2) is 21.5. The molecule has 0 spiro atoms. The van der Waals surface area contributed by atoms with Crippen molar-refractivity contribution in [3.63, 3.8) is 0 Å². The molecule has 0 unspecified atom stereocenters. The molecule has 0 amide bonds. The molecule has 0 saturated heterocycles. The summed E-state index contributed by atoms with van der Waals surface area (Å²) in [6.07, 6.45) is -4.79. The zero-order chi connectivity index (χ0) is 60.6. The van der Waals surface area contributed by atoms with Crippen LogP contribution in [0.15, 0.2) is 297 Å². The minimum atomic E-state index is -4.79. The molecule has 2 aliphatic heterocycles. The van der Waals surface area contributed by atoms with Crippen molar-refractivity contribution in [1.29, 1.82) is 5.26 Å². The minimum Gasteiger partial charge on any atom is -0.311 e. The summed E-state index contributed by atoms with van der Waals surface area (Å²) >= 11 is 0. The Balaban J connectivity index is 0.984. The summed E-state index contributed by atoms with van der Waals surface area (Å²) in [7, 11) is 0. The first-order chi connectivity index (χ1) is 44.2. The maximum absolute atomic E-state index is 15.2. The minimum absolute atomic E-state index is 0.126. The maximum atomic E-state index is 15.2. The SMILES string of the molecule is [C-]#[N+]c1ccc(-c2cc(C#N)ccc2-n2c3ccccc3c3cc(-c4cc5c6c(c4)N(c4cc(-c7ccccc7)cc(-c7ccccc7)c4)c4ccccc4B6c4ccccc4N5c4cc(-c5ccccc5)cc(-c5ccccc5)c4)ccc32)c(C(F)(F)F)c1. The predicted octanol–water partition coefficient (Wildman–Crippen LogP) is 20.3. The molecular formula is C81H49BF3N5. The molecule has 2 aliphatic rings. The van der Waals surface area contributed by atoms with Gasteiger partial charge >= 0.3 is 6.18 Å². The van der Waals surface area contributed by atoms with Gasteiger partial charge in [0.15, 0.2) is 5.69 Å². The number of benzene rings is 13. The first-order valence-corrected chi connectivity index (χ1v) is 29.8. The van der Waals surface area contributed by atoms with Crippen molar-refractivity contribution in [3.05, 3.63) is 320 Å². The van der Waals surface area contributed by atoms with Crippen LogP contribution >= 0.6 is 0 Å². The molecule has 9 heteroatoms. The van der Waals surface area contributed by atoms with Crippen molar-refractivity contribution in [2.24, 2.45) is 0 Å². The highest BCUT2D eigenvalue weighted by Crippen LogP contribution is 2.50. The van der Waals surface area contributed by atoms with Crippen molar-refractivity contribution >= 4 is 84.7 Å². The smallest absolute Gasteiger partial charge is 0.311 e. The number of para-hydroxylation sites is 3. The molecule has 0 N–H and O–H groups in total. The van der Waals surface area contributed by atoms with Crippen LogP contribution in [0.1, 0.15) is 11.1 Å². The lowest BCUT2D eigenvalue weighted by molar-refractivity contribution is -0.137. The van der Waals surface area contributed by atoms with Crippen molar-refractivity contribution in [3.8, 4) is 78.5 Å². The highest BCUT2D eigenvalue weighted by molar-refractivity contribution is 7.00. The standard InChI is InChI=1S/C81H49BF3N5/c1-87-63-36-37-66(70(50-63)81(83,84)85)68-40-52(51-86)34-38-74(68)90-73-31-17-14-28-67(73)69-47-57(35-39-75(69)90)62-48-78-80-79(49-62)89(65-45-60(55-24-10-4-11-25-55)42-61(46-65)56-26-12-5-13-27-56)77-33-19-16-30-72(77)82(80)71-29-15-18-32-76(71)88(78)64-43-58(53-20-6-2-7-21-53)41-59(44-64)54-22-8-3-9-23-54/h2-50H. The molecule has 0 saturated carbocycles. The number of nitrogens with zero attached hydrogens (tertiary/aromatic N) is 5. The number of fused-ring (bicyclic) bond motifs is 7. The number of hydrogen-bond acceptors (Lipinski definition) is 3. The van der Waals surface area contributed by atoms with E-state index in [9.17, 15) is 5.26 Å². The molecule has 0 radical (unpaired) electrons. The Hall–Kier alpha value is -11.9. The van der Waals surface area contributed by atoms with Gasteiger partial charge in [-0.05, 0) is 181 Å². The molecule has 422 valence electrons. The van der Waals surface area contributed by atoms with Gasteiger partial charge in [0, 0.05) is 50.5 Å². The molecule has 90 heavy (non-hydrogen) atoms. The van der Waals surface area contributed by atoms with E-state index in [0.29, 0.717) is 5.69 Å². The second-order valence-electron chi connectivity index (χ2n) is 22.9. The van der Waals surface area contributed by atoms with E-state index in [2.05, 4.69) is 263 Å². The van der Waals surface area contributed by atoms with Crippen LogP contribution in [0.2, 0.25) is 0 Å². The van der Waals surface area contributed by atoms with Gasteiger partial charge in [0.25, 0.3) is 6.71 Å². The first kappa shape index (κ1) is 53.6. The van der Waals surface area contributed by atoms with Crippen molar-refractivity contribution in [2.45, 2.75) is 6.18 Å². The Bertz CT molecular complexity index is 4970. The van der Waals surface area contributed by atoms with Gasteiger partial charge in [-0.2, -0.15) is 18.4 Å². The number of nitriles is 1. The van der Waals surface area contributed by atoms with Gasteiger partial charge in [-0.1, -0.05) is 194 Å². The van der Waals surface area contributed by atoms with E-state index >= 15 is 13.2 Å². The number of aromatic nitrogens is 1. The van der Waals surface area contributed by atoms with Gasteiger partial charge in [-0.25, -0.2) is 4.85 Å². The highest BCUT2D eigenvalue weighted by atomic mass is 19.4. The van der Waals surface area contributed by atoms with Crippen molar-refractivity contribution < 1.29 is 13.2 Å². The zero-order valence-electron chi connectivity index (χ0n) is 48.2. The Morgan fingerprint density at radius 2 is 0.833 bits per heavy atom. The number of anilines is 6. The summed E-state index contributed by atoms with van der Waals surface area (Å²) in [6, 6.07) is 104. The fourth-order valence-corrected chi connectivity index (χ4v) is 13.8. The van der Waals surface area contributed by atoms with Crippen LogP contribution in [0.25, 0.3) is 99.1 Å². The lowest BCUT2D eigenvalue weighted by Crippen LogP contribution is -2.61. The summed E-state index contributed by atoms with van der Waals surface area (Å²) in [6.45, 7) is 7.42. The van der Waals surface area contributed by atoms with E-state index in [1.54, 1.807) is 12.1 Å². The van der Waals surface area contributed by atoms with Gasteiger partial charge in [-0.15, -0.1) is 0 Å². The molecule has 0 bridgehead atoms. The van der Waals surface area contributed by atoms with E-state index in [1.165, 1.54) is 29.1 Å². The van der Waals surface area contributed by atoms with E-state index < -0.39 is 11.7 Å². The molecule has 1 aromatic heterocycles. The van der Waals surface area contributed by atoms with Crippen LogP contribution in [-0.4, -0.2) is 11.3 Å². The fourth-order valence-electron chi connectivity index (χ4n) is 13.8. The molecular weight excluding hydrogens is 1110 g/mol. The summed E-state index contributed by atoms with van der Waals surface area (Å²) in [5.41, 5.74) is 21.5. The molecule has 13 aromatic carbocycles. The molecule has 5 nitrogen and oxygen atoms in total. The molecule has 0 aliphatic carbocycles. The molecule has 14 aromatic rings. The normalized spacial score (nSPS) is 12.3. The number of halogens is 3. The van der Waals surface area contributed by atoms with Crippen LogP contribution in [0.3, 0.4) is 0 Å². The summed E-state index contributed by atoms with van der Waals surface area (Å²) in [5.74, 6) is 0. The van der Waals surface area contributed by atoms with Crippen LogP contribution in [0.5, 0.6) is 0 Å². The highest BCUT2D eigenvalue weighted by Gasteiger charge is 2.44. The monoisotopic (exact) mass is 1160 g/mol. The average Bonchev–Trinajstić information content (AvgIpc) is 0.769. The number of rotatable bonds is 9. The first-order valence-electron chi connectivity index (χ1n) is 29.8. The maximum Gasteiger partial charge on any atom is 0.415 e. The fraction of sp³-hybridized carbons (Fsp3) is 0.0123. The third-order valence-corrected chi connectivity index (χ3v) is 17.8. The quantitative estimate of drug-likeness (QED) is 0.107. The van der Waals surface area contributed by atoms with Gasteiger partial charge in [0.05, 0.1) is 40.5 Å². The van der Waals surface area contributed by atoms with Crippen LogP contribution in [0, 0.1) is 17.9 Å². The van der Waals surface area contributed by atoms with Crippen LogP contribution in [-0.2, 0) is 6.18 Å². The van der Waals surface area contributed by atoms with Crippen molar-refractivity contribution in [2.75, 3.05) is 9.80 Å². The largest absolute Gasteiger partial charge is 0.415 e. The molecule has 3 heterocycles. The zero-order valence-corrected chi connectivity index (χ0v) is 48.2. The van der Waals surface area contributed by atoms with E-state index in [0.717, 1.165) is 123 Å².